The van der Waals surface area contributed by atoms with Crippen molar-refractivity contribution >= 4 is 54.4 Å². The quantitative estimate of drug-likeness (QED) is 0.394. The Morgan fingerprint density at radius 1 is 1.15 bits per heavy atom. The molecule has 5 rings (SSSR count). The molecule has 1 aliphatic rings. The second-order valence-corrected chi connectivity index (χ2v) is 8.77. The Bertz CT molecular complexity index is 1110. The summed E-state index contributed by atoms with van der Waals surface area (Å²) in [6.07, 6.45) is 1.88. The van der Waals surface area contributed by atoms with Crippen LogP contribution in [-0.2, 0) is 0 Å². The summed E-state index contributed by atoms with van der Waals surface area (Å²) in [5, 5.41) is 2.13. The third-order valence-corrected chi connectivity index (χ3v) is 6.97. The standard InChI is InChI=1S/C21H17BrN2O2S/c22-15-5-3-4-14-12-17(26-19(14)15)21(25)24-10-8-13(9-11-24)20-23-16-6-1-2-7-18(16)27-20/h1-7,12-13H,8-11H2. The highest BCUT2D eigenvalue weighted by atomic mass is 79.9. The van der Waals surface area contributed by atoms with E-state index in [9.17, 15) is 4.79 Å². The Kier molecular flexibility index (Phi) is 4.25. The maximum absolute atomic E-state index is 12.9. The number of fused-ring (bicyclic) bond motifs is 2. The number of furan rings is 1. The van der Waals surface area contributed by atoms with Gasteiger partial charge in [-0.05, 0) is 53.0 Å². The van der Waals surface area contributed by atoms with Gasteiger partial charge in [-0.3, -0.25) is 4.79 Å². The normalized spacial score (nSPS) is 15.7. The van der Waals surface area contributed by atoms with Crippen molar-refractivity contribution in [1.82, 2.24) is 9.88 Å². The average molecular weight is 441 g/mol. The van der Waals surface area contributed by atoms with E-state index in [0.29, 0.717) is 11.7 Å². The summed E-state index contributed by atoms with van der Waals surface area (Å²) in [4.78, 5) is 19.6. The summed E-state index contributed by atoms with van der Waals surface area (Å²) in [5.74, 6) is 0.812. The molecule has 1 saturated heterocycles. The number of para-hydroxylation sites is 2. The van der Waals surface area contributed by atoms with Crippen LogP contribution < -0.4 is 0 Å². The summed E-state index contributed by atoms with van der Waals surface area (Å²) in [5.41, 5.74) is 1.80. The van der Waals surface area contributed by atoms with Gasteiger partial charge in [0.1, 0.15) is 5.58 Å². The minimum absolute atomic E-state index is 0.0270. The highest BCUT2D eigenvalue weighted by molar-refractivity contribution is 9.10. The smallest absolute Gasteiger partial charge is 0.289 e. The number of thiazole rings is 1. The topological polar surface area (TPSA) is 46.3 Å². The van der Waals surface area contributed by atoms with Gasteiger partial charge < -0.3 is 9.32 Å². The van der Waals surface area contributed by atoms with E-state index in [1.54, 1.807) is 11.3 Å². The minimum Gasteiger partial charge on any atom is -0.450 e. The molecule has 27 heavy (non-hydrogen) atoms. The van der Waals surface area contributed by atoms with Gasteiger partial charge in [0, 0.05) is 24.4 Å². The first-order chi connectivity index (χ1) is 13.2. The third-order valence-electron chi connectivity index (χ3n) is 5.15. The molecule has 136 valence electrons. The van der Waals surface area contributed by atoms with Gasteiger partial charge in [0.25, 0.3) is 5.91 Å². The molecule has 2 aromatic heterocycles. The lowest BCUT2D eigenvalue weighted by Crippen LogP contribution is -2.37. The zero-order valence-electron chi connectivity index (χ0n) is 14.5. The van der Waals surface area contributed by atoms with Gasteiger partial charge in [-0.25, -0.2) is 4.98 Å². The molecule has 4 aromatic rings. The van der Waals surface area contributed by atoms with E-state index in [2.05, 4.69) is 34.1 Å². The summed E-state index contributed by atoms with van der Waals surface area (Å²) in [6.45, 7) is 1.47. The Morgan fingerprint density at radius 2 is 1.96 bits per heavy atom. The molecule has 0 aliphatic carbocycles. The van der Waals surface area contributed by atoms with Crippen LogP contribution in [0.2, 0.25) is 0 Å². The molecule has 0 bridgehead atoms. The first-order valence-electron chi connectivity index (χ1n) is 9.02. The van der Waals surface area contributed by atoms with Crippen molar-refractivity contribution in [2.45, 2.75) is 18.8 Å². The maximum atomic E-state index is 12.9. The SMILES string of the molecule is O=C(c1cc2cccc(Br)c2o1)N1CCC(c2nc3ccccc3s2)CC1. The molecule has 6 heteroatoms. The van der Waals surface area contributed by atoms with Gasteiger partial charge in [0.2, 0.25) is 0 Å². The van der Waals surface area contributed by atoms with E-state index in [1.165, 1.54) is 9.71 Å². The molecule has 0 N–H and O–H groups in total. The number of hydrogen-bond acceptors (Lipinski definition) is 4. The molecule has 0 radical (unpaired) electrons. The van der Waals surface area contributed by atoms with Crippen LogP contribution in [-0.4, -0.2) is 28.9 Å². The number of hydrogen-bond donors (Lipinski definition) is 0. The number of amides is 1. The molecule has 0 saturated carbocycles. The van der Waals surface area contributed by atoms with Crippen molar-refractivity contribution < 1.29 is 9.21 Å². The molecular formula is C21H17BrN2O2S. The lowest BCUT2D eigenvalue weighted by atomic mass is 9.97. The first-order valence-corrected chi connectivity index (χ1v) is 10.6. The Morgan fingerprint density at radius 3 is 2.74 bits per heavy atom. The summed E-state index contributed by atoms with van der Waals surface area (Å²) >= 11 is 5.26. The van der Waals surface area contributed by atoms with Crippen molar-refractivity contribution in [3.63, 3.8) is 0 Å². The summed E-state index contributed by atoms with van der Waals surface area (Å²) < 4.78 is 7.92. The molecule has 0 spiro atoms. The number of carbonyl (C=O) groups is 1. The molecular weight excluding hydrogens is 424 g/mol. The maximum Gasteiger partial charge on any atom is 0.289 e. The second kappa shape index (κ2) is 6.77. The number of aromatic nitrogens is 1. The van der Waals surface area contributed by atoms with E-state index in [0.717, 1.165) is 46.9 Å². The molecule has 0 unspecified atom stereocenters. The third kappa shape index (κ3) is 3.07. The fraction of sp³-hybridized carbons (Fsp3) is 0.238. The monoisotopic (exact) mass is 440 g/mol. The van der Waals surface area contributed by atoms with Crippen LogP contribution in [0.3, 0.4) is 0 Å². The number of nitrogens with zero attached hydrogens (tertiary/aromatic N) is 2. The van der Waals surface area contributed by atoms with Gasteiger partial charge in [-0.15, -0.1) is 11.3 Å². The van der Waals surface area contributed by atoms with Gasteiger partial charge in [0.15, 0.2) is 5.76 Å². The number of benzene rings is 2. The molecule has 1 fully saturated rings. The van der Waals surface area contributed by atoms with E-state index >= 15 is 0 Å². The molecule has 0 atom stereocenters. The average Bonchev–Trinajstić information content (AvgIpc) is 3.32. The number of carbonyl (C=O) groups excluding carboxylic acids is 1. The van der Waals surface area contributed by atoms with Gasteiger partial charge in [-0.2, -0.15) is 0 Å². The van der Waals surface area contributed by atoms with Crippen LogP contribution >= 0.6 is 27.3 Å². The zero-order chi connectivity index (χ0) is 18.4. The molecule has 4 nitrogen and oxygen atoms in total. The van der Waals surface area contributed by atoms with Gasteiger partial charge >= 0.3 is 0 Å². The van der Waals surface area contributed by atoms with Crippen LogP contribution in [0, 0.1) is 0 Å². The van der Waals surface area contributed by atoms with E-state index in [1.807, 2.05) is 35.2 Å². The van der Waals surface area contributed by atoms with E-state index in [4.69, 9.17) is 9.40 Å². The number of halogens is 1. The molecule has 2 aromatic carbocycles. The van der Waals surface area contributed by atoms with E-state index in [-0.39, 0.29) is 5.91 Å². The minimum atomic E-state index is -0.0270. The number of piperidine rings is 1. The second-order valence-electron chi connectivity index (χ2n) is 6.86. The predicted molar refractivity (Wildman–Crippen MR) is 111 cm³/mol. The fourth-order valence-electron chi connectivity index (χ4n) is 3.68. The number of likely N-dealkylation sites (tertiary alicyclic amines) is 1. The summed E-state index contributed by atoms with van der Waals surface area (Å²) in [6, 6.07) is 15.9. The largest absolute Gasteiger partial charge is 0.450 e. The highest BCUT2D eigenvalue weighted by Gasteiger charge is 2.28. The van der Waals surface area contributed by atoms with Crippen molar-refractivity contribution in [1.29, 1.82) is 0 Å². The predicted octanol–water partition coefficient (Wildman–Crippen LogP) is 5.82. The summed E-state index contributed by atoms with van der Waals surface area (Å²) in [7, 11) is 0. The van der Waals surface area contributed by atoms with Crippen LogP contribution in [0.25, 0.3) is 21.2 Å². The number of rotatable bonds is 2. The van der Waals surface area contributed by atoms with Gasteiger partial charge in [-0.1, -0.05) is 24.3 Å². The van der Waals surface area contributed by atoms with Crippen molar-refractivity contribution in [3.05, 3.63) is 63.8 Å². The lowest BCUT2D eigenvalue weighted by Gasteiger charge is -2.30. The van der Waals surface area contributed by atoms with Crippen LogP contribution in [0.15, 0.2) is 57.4 Å². The Balaban J connectivity index is 1.31. The van der Waals surface area contributed by atoms with Crippen molar-refractivity contribution in [2.75, 3.05) is 13.1 Å². The van der Waals surface area contributed by atoms with Crippen LogP contribution in [0.4, 0.5) is 0 Å². The Hall–Kier alpha value is -2.18. The highest BCUT2D eigenvalue weighted by Crippen LogP contribution is 2.34. The van der Waals surface area contributed by atoms with Gasteiger partial charge in [0.05, 0.1) is 19.7 Å². The van der Waals surface area contributed by atoms with Crippen molar-refractivity contribution in [2.24, 2.45) is 0 Å². The fourth-order valence-corrected chi connectivity index (χ4v) is 5.28. The van der Waals surface area contributed by atoms with Crippen LogP contribution in [0.5, 0.6) is 0 Å². The zero-order valence-corrected chi connectivity index (χ0v) is 16.9. The molecule has 1 aliphatic heterocycles. The Labute approximate surface area is 168 Å². The first kappa shape index (κ1) is 17.0. The van der Waals surface area contributed by atoms with E-state index < -0.39 is 0 Å². The molecule has 3 heterocycles. The van der Waals surface area contributed by atoms with Crippen LogP contribution in [0.1, 0.15) is 34.3 Å². The molecule has 1 amide bonds. The lowest BCUT2D eigenvalue weighted by molar-refractivity contribution is 0.0683. The van der Waals surface area contributed by atoms with Crippen molar-refractivity contribution in [3.8, 4) is 0 Å².